The minimum Gasteiger partial charge on any atom is -0.454 e. The van der Waals surface area contributed by atoms with Gasteiger partial charge in [0.15, 0.2) is 11.5 Å². The molecule has 1 aromatic heterocycles. The Kier molecular flexibility index (Phi) is 5.93. The van der Waals surface area contributed by atoms with Gasteiger partial charge in [0.05, 0.1) is 6.61 Å². The van der Waals surface area contributed by atoms with Gasteiger partial charge in [-0.2, -0.15) is 0 Å². The van der Waals surface area contributed by atoms with Crippen LogP contribution in [0.1, 0.15) is 6.42 Å². The normalized spacial score (nSPS) is 15.7. The number of pyridine rings is 1. The molecular formula is C24H26N4O4. The Bertz CT molecular complexity index is 1090. The predicted octanol–water partition coefficient (Wildman–Crippen LogP) is 3.72. The quantitative estimate of drug-likeness (QED) is 0.593. The molecule has 2 aliphatic heterocycles. The first-order valence-electron chi connectivity index (χ1n) is 10.9. The number of amides is 1. The highest BCUT2D eigenvalue weighted by molar-refractivity contribution is 5.92. The van der Waals surface area contributed by atoms with Gasteiger partial charge < -0.3 is 19.1 Å². The van der Waals surface area contributed by atoms with Crippen LogP contribution in [0.3, 0.4) is 0 Å². The lowest BCUT2D eigenvalue weighted by molar-refractivity contribution is 0.151. The lowest BCUT2D eigenvalue weighted by Crippen LogP contribution is -2.47. The summed E-state index contributed by atoms with van der Waals surface area (Å²) in [5, 5.41) is 5.14. The van der Waals surface area contributed by atoms with Gasteiger partial charge in [-0.15, -0.1) is 0 Å². The second-order valence-electron chi connectivity index (χ2n) is 7.87. The molecule has 0 bridgehead atoms. The van der Waals surface area contributed by atoms with Crippen molar-refractivity contribution in [3.63, 3.8) is 0 Å². The maximum atomic E-state index is 12.0. The van der Waals surface area contributed by atoms with E-state index in [4.69, 9.17) is 14.2 Å². The third kappa shape index (κ3) is 4.55. The number of hydrogen-bond donors (Lipinski definition) is 1. The van der Waals surface area contributed by atoms with E-state index in [1.165, 1.54) is 10.8 Å². The Balaban J connectivity index is 1.03. The molecule has 3 aromatic rings. The Morgan fingerprint density at radius 3 is 2.78 bits per heavy atom. The molecule has 5 rings (SSSR count). The first kappa shape index (κ1) is 20.4. The number of piperazine rings is 1. The zero-order valence-corrected chi connectivity index (χ0v) is 17.8. The monoisotopic (exact) mass is 434 g/mol. The topological polar surface area (TPSA) is 76.2 Å². The molecule has 8 heteroatoms. The minimum atomic E-state index is -0.462. The molecule has 1 fully saturated rings. The molecule has 0 saturated carbocycles. The van der Waals surface area contributed by atoms with E-state index in [2.05, 4.69) is 50.4 Å². The zero-order chi connectivity index (χ0) is 21.8. The maximum Gasteiger partial charge on any atom is 0.411 e. The molecule has 8 nitrogen and oxygen atoms in total. The fourth-order valence-electron chi connectivity index (χ4n) is 4.12. The van der Waals surface area contributed by atoms with E-state index in [0.717, 1.165) is 45.0 Å². The third-order valence-electron chi connectivity index (χ3n) is 5.80. The molecule has 0 atom stereocenters. The molecule has 0 radical (unpaired) electrons. The SMILES string of the molecule is O=C(Nc1ccc2c(c1)OCO2)OCCCN1CCN(c2nccc3ccccc23)CC1. The standard InChI is InChI=1S/C24H26N4O4/c29-24(26-19-6-7-21-22(16-19)32-17-31-21)30-15-3-10-27-11-13-28(14-12-27)23-20-5-2-1-4-18(20)8-9-25-23/h1-2,4-9,16H,3,10-15,17H2,(H,26,29). The number of aromatic nitrogens is 1. The summed E-state index contributed by atoms with van der Waals surface area (Å²) in [5.41, 5.74) is 0.623. The summed E-state index contributed by atoms with van der Waals surface area (Å²) in [6.07, 6.45) is 2.22. The second-order valence-corrected chi connectivity index (χ2v) is 7.87. The van der Waals surface area contributed by atoms with Crippen molar-refractivity contribution < 1.29 is 19.0 Å². The summed E-state index contributed by atoms with van der Waals surface area (Å²) in [5.74, 6) is 2.37. The number of carbonyl (C=O) groups is 1. The van der Waals surface area contributed by atoms with Crippen LogP contribution in [-0.2, 0) is 4.74 Å². The van der Waals surface area contributed by atoms with Crippen molar-refractivity contribution in [2.45, 2.75) is 6.42 Å². The van der Waals surface area contributed by atoms with E-state index in [1.54, 1.807) is 18.2 Å². The molecule has 1 amide bonds. The van der Waals surface area contributed by atoms with Crippen LogP contribution in [-0.4, -0.2) is 62.1 Å². The molecule has 1 saturated heterocycles. The van der Waals surface area contributed by atoms with Crippen LogP contribution in [0.15, 0.2) is 54.7 Å². The van der Waals surface area contributed by atoms with Crippen LogP contribution in [0.4, 0.5) is 16.3 Å². The molecular weight excluding hydrogens is 408 g/mol. The van der Waals surface area contributed by atoms with Crippen molar-refractivity contribution in [2.75, 3.05) is 56.3 Å². The molecule has 0 spiro atoms. The molecule has 2 aliphatic rings. The molecule has 3 heterocycles. The maximum absolute atomic E-state index is 12.0. The van der Waals surface area contributed by atoms with Crippen molar-refractivity contribution in [2.24, 2.45) is 0 Å². The minimum absolute atomic E-state index is 0.204. The Morgan fingerprint density at radius 2 is 1.88 bits per heavy atom. The van der Waals surface area contributed by atoms with Gasteiger partial charge in [0.2, 0.25) is 6.79 Å². The van der Waals surface area contributed by atoms with Crippen molar-refractivity contribution in [3.05, 3.63) is 54.7 Å². The summed E-state index contributed by atoms with van der Waals surface area (Å²) in [6.45, 7) is 5.28. The summed E-state index contributed by atoms with van der Waals surface area (Å²) in [7, 11) is 0. The molecule has 0 aliphatic carbocycles. The molecule has 2 aromatic carbocycles. The Labute approximate surface area is 186 Å². The van der Waals surface area contributed by atoms with E-state index >= 15 is 0 Å². The van der Waals surface area contributed by atoms with Crippen LogP contribution < -0.4 is 19.7 Å². The van der Waals surface area contributed by atoms with Gasteiger partial charge in [-0.25, -0.2) is 9.78 Å². The van der Waals surface area contributed by atoms with Gasteiger partial charge in [0.1, 0.15) is 5.82 Å². The van der Waals surface area contributed by atoms with Crippen molar-refractivity contribution in [1.29, 1.82) is 0 Å². The fourth-order valence-corrected chi connectivity index (χ4v) is 4.12. The van der Waals surface area contributed by atoms with Crippen LogP contribution in [0, 0.1) is 0 Å². The predicted molar refractivity (Wildman–Crippen MR) is 123 cm³/mol. The van der Waals surface area contributed by atoms with E-state index in [0.29, 0.717) is 23.8 Å². The number of ether oxygens (including phenoxy) is 3. The first-order valence-corrected chi connectivity index (χ1v) is 10.9. The third-order valence-corrected chi connectivity index (χ3v) is 5.80. The van der Waals surface area contributed by atoms with Gasteiger partial charge in [0.25, 0.3) is 0 Å². The lowest BCUT2D eigenvalue weighted by Gasteiger charge is -2.35. The van der Waals surface area contributed by atoms with Crippen molar-refractivity contribution >= 4 is 28.4 Å². The summed E-state index contributed by atoms with van der Waals surface area (Å²) < 4.78 is 15.9. The van der Waals surface area contributed by atoms with E-state index in [1.807, 2.05) is 6.20 Å². The number of rotatable bonds is 6. The largest absolute Gasteiger partial charge is 0.454 e. The van der Waals surface area contributed by atoms with Gasteiger partial charge in [-0.05, 0) is 30.0 Å². The summed E-state index contributed by atoms with van der Waals surface area (Å²) in [6, 6.07) is 15.7. The van der Waals surface area contributed by atoms with E-state index in [9.17, 15) is 4.79 Å². The molecule has 1 N–H and O–H groups in total. The van der Waals surface area contributed by atoms with Crippen molar-refractivity contribution in [1.82, 2.24) is 9.88 Å². The number of carbonyl (C=O) groups excluding carboxylic acids is 1. The molecule has 166 valence electrons. The van der Waals surface area contributed by atoms with Crippen molar-refractivity contribution in [3.8, 4) is 11.5 Å². The highest BCUT2D eigenvalue weighted by Gasteiger charge is 2.19. The van der Waals surface area contributed by atoms with Gasteiger partial charge >= 0.3 is 6.09 Å². The zero-order valence-electron chi connectivity index (χ0n) is 17.8. The number of fused-ring (bicyclic) bond motifs is 2. The molecule has 32 heavy (non-hydrogen) atoms. The number of benzene rings is 2. The first-order chi connectivity index (χ1) is 15.8. The van der Waals surface area contributed by atoms with Crippen LogP contribution in [0.5, 0.6) is 11.5 Å². The highest BCUT2D eigenvalue weighted by atomic mass is 16.7. The number of nitrogens with one attached hydrogen (secondary N) is 1. The summed E-state index contributed by atoms with van der Waals surface area (Å²) >= 11 is 0. The average molecular weight is 434 g/mol. The second kappa shape index (κ2) is 9.32. The average Bonchev–Trinajstić information content (AvgIpc) is 3.30. The van der Waals surface area contributed by atoms with Crippen LogP contribution >= 0.6 is 0 Å². The van der Waals surface area contributed by atoms with E-state index in [-0.39, 0.29) is 6.79 Å². The lowest BCUT2D eigenvalue weighted by atomic mass is 10.1. The number of nitrogens with zero attached hydrogens (tertiary/aromatic N) is 3. The van der Waals surface area contributed by atoms with Crippen LogP contribution in [0.2, 0.25) is 0 Å². The van der Waals surface area contributed by atoms with Gasteiger partial charge in [0, 0.05) is 56.1 Å². The van der Waals surface area contributed by atoms with E-state index < -0.39 is 6.09 Å². The Hall–Kier alpha value is -3.52. The summed E-state index contributed by atoms with van der Waals surface area (Å²) in [4.78, 5) is 21.4. The highest BCUT2D eigenvalue weighted by Crippen LogP contribution is 2.34. The van der Waals surface area contributed by atoms with Crippen LogP contribution in [0.25, 0.3) is 10.8 Å². The number of anilines is 2. The number of hydrogen-bond acceptors (Lipinski definition) is 7. The van der Waals surface area contributed by atoms with Gasteiger partial charge in [-0.1, -0.05) is 24.3 Å². The molecule has 0 unspecified atom stereocenters. The smallest absolute Gasteiger partial charge is 0.411 e. The van der Waals surface area contributed by atoms with Gasteiger partial charge in [-0.3, -0.25) is 10.2 Å². The Morgan fingerprint density at radius 1 is 1.03 bits per heavy atom. The fraction of sp³-hybridized carbons (Fsp3) is 0.333.